The second kappa shape index (κ2) is 8.31. The molecule has 0 unspecified atom stereocenters. The molecule has 0 radical (unpaired) electrons. The lowest BCUT2D eigenvalue weighted by atomic mass is 10.0. The quantitative estimate of drug-likeness (QED) is 0.678. The van der Waals surface area contributed by atoms with Crippen molar-refractivity contribution in [3.63, 3.8) is 0 Å². The lowest BCUT2D eigenvalue weighted by Crippen LogP contribution is -2.29. The van der Waals surface area contributed by atoms with Crippen LogP contribution in [0.4, 0.5) is 0 Å². The molecule has 2 rings (SSSR count). The van der Waals surface area contributed by atoms with Crippen molar-refractivity contribution in [3.8, 4) is 17.2 Å². The Morgan fingerprint density at radius 2 is 1.89 bits per heavy atom. The summed E-state index contributed by atoms with van der Waals surface area (Å²) in [6, 6.07) is 6.56. The first-order chi connectivity index (χ1) is 12.6. The van der Waals surface area contributed by atoms with E-state index in [-0.39, 0.29) is 16.7 Å². The lowest BCUT2D eigenvalue weighted by molar-refractivity contribution is -0.135. The van der Waals surface area contributed by atoms with Crippen molar-refractivity contribution in [2.75, 3.05) is 6.54 Å². The third-order valence-electron chi connectivity index (χ3n) is 4.14. The molecule has 1 amide bonds. The van der Waals surface area contributed by atoms with Crippen LogP contribution in [-0.2, 0) is 4.79 Å². The van der Waals surface area contributed by atoms with Crippen molar-refractivity contribution in [2.24, 2.45) is 0 Å². The summed E-state index contributed by atoms with van der Waals surface area (Å²) in [4.78, 5) is 22.8. The number of nitrogens with one attached hydrogen (secondary N) is 1. The zero-order valence-electron chi connectivity index (χ0n) is 15.6. The van der Waals surface area contributed by atoms with E-state index in [1.165, 1.54) is 0 Å². The zero-order valence-corrected chi connectivity index (χ0v) is 16.3. The molecule has 27 heavy (non-hydrogen) atoms. The number of hydrogen-bond acceptors (Lipinski definition) is 4. The number of phenols is 1. The van der Waals surface area contributed by atoms with Crippen LogP contribution in [-0.4, -0.2) is 28.6 Å². The SMILES string of the molecule is Cc1cc(C(=O)NCC(=O)O)c(C)c(Cl)c1Oc1ccc(O)c(C(C)C)c1. The molecule has 2 aromatic carbocycles. The molecule has 0 heterocycles. The molecule has 0 saturated heterocycles. The molecule has 0 saturated carbocycles. The molecule has 0 spiro atoms. The summed E-state index contributed by atoms with van der Waals surface area (Å²) in [7, 11) is 0. The van der Waals surface area contributed by atoms with Crippen molar-refractivity contribution < 1.29 is 24.5 Å². The number of halogens is 1. The fraction of sp³-hybridized carbons (Fsp3) is 0.300. The van der Waals surface area contributed by atoms with Gasteiger partial charge in [-0.05, 0) is 55.2 Å². The first-order valence-corrected chi connectivity index (χ1v) is 8.80. The molecule has 0 aliphatic rings. The second-order valence-electron chi connectivity index (χ2n) is 6.56. The fourth-order valence-electron chi connectivity index (χ4n) is 2.64. The van der Waals surface area contributed by atoms with Gasteiger partial charge in [0.2, 0.25) is 0 Å². The fourth-order valence-corrected chi connectivity index (χ4v) is 2.93. The minimum atomic E-state index is -1.13. The summed E-state index contributed by atoms with van der Waals surface area (Å²) in [5, 5.41) is 21.2. The van der Waals surface area contributed by atoms with E-state index < -0.39 is 18.4 Å². The third-order valence-corrected chi connectivity index (χ3v) is 4.59. The second-order valence-corrected chi connectivity index (χ2v) is 6.94. The molecule has 0 fully saturated rings. The predicted molar refractivity (Wildman–Crippen MR) is 103 cm³/mol. The number of aliphatic carboxylic acids is 1. The normalized spacial score (nSPS) is 10.7. The minimum Gasteiger partial charge on any atom is -0.508 e. The number of aryl methyl sites for hydroxylation is 1. The van der Waals surface area contributed by atoms with Crippen molar-refractivity contribution in [3.05, 3.63) is 51.5 Å². The third kappa shape index (κ3) is 4.71. The van der Waals surface area contributed by atoms with E-state index in [0.717, 1.165) is 5.56 Å². The highest BCUT2D eigenvalue weighted by Crippen LogP contribution is 2.38. The molecule has 0 aliphatic carbocycles. The van der Waals surface area contributed by atoms with Crippen LogP contribution in [0.3, 0.4) is 0 Å². The van der Waals surface area contributed by atoms with Gasteiger partial charge in [-0.1, -0.05) is 25.4 Å². The number of rotatable bonds is 6. The van der Waals surface area contributed by atoms with Crippen LogP contribution in [0.25, 0.3) is 0 Å². The monoisotopic (exact) mass is 391 g/mol. The number of amides is 1. The number of benzene rings is 2. The van der Waals surface area contributed by atoms with E-state index >= 15 is 0 Å². The Morgan fingerprint density at radius 3 is 2.48 bits per heavy atom. The van der Waals surface area contributed by atoms with E-state index in [0.29, 0.717) is 28.2 Å². The summed E-state index contributed by atoms with van der Waals surface area (Å²) >= 11 is 6.42. The smallest absolute Gasteiger partial charge is 0.322 e. The minimum absolute atomic E-state index is 0.118. The highest BCUT2D eigenvalue weighted by atomic mass is 35.5. The van der Waals surface area contributed by atoms with E-state index in [1.807, 2.05) is 13.8 Å². The van der Waals surface area contributed by atoms with E-state index in [9.17, 15) is 14.7 Å². The number of carbonyl (C=O) groups is 2. The van der Waals surface area contributed by atoms with E-state index in [2.05, 4.69) is 5.32 Å². The van der Waals surface area contributed by atoms with Crippen LogP contribution >= 0.6 is 11.6 Å². The average molecular weight is 392 g/mol. The average Bonchev–Trinajstić information content (AvgIpc) is 2.60. The van der Waals surface area contributed by atoms with Crippen LogP contribution in [0.5, 0.6) is 17.2 Å². The van der Waals surface area contributed by atoms with Crippen LogP contribution < -0.4 is 10.1 Å². The number of phenolic OH excluding ortho intramolecular Hbond substituents is 1. The van der Waals surface area contributed by atoms with Gasteiger partial charge in [0.05, 0.1) is 5.02 Å². The Balaban J connectivity index is 2.37. The molecule has 7 heteroatoms. The van der Waals surface area contributed by atoms with E-state index in [1.54, 1.807) is 38.1 Å². The molecule has 3 N–H and O–H groups in total. The van der Waals surface area contributed by atoms with Gasteiger partial charge in [-0.15, -0.1) is 0 Å². The van der Waals surface area contributed by atoms with Crippen LogP contribution in [0, 0.1) is 13.8 Å². The van der Waals surface area contributed by atoms with Gasteiger partial charge in [-0.2, -0.15) is 0 Å². The molecule has 2 aromatic rings. The van der Waals surface area contributed by atoms with Gasteiger partial charge in [-0.3, -0.25) is 9.59 Å². The maximum Gasteiger partial charge on any atom is 0.322 e. The van der Waals surface area contributed by atoms with Gasteiger partial charge in [-0.25, -0.2) is 0 Å². The number of hydrogen-bond donors (Lipinski definition) is 3. The number of carbonyl (C=O) groups excluding carboxylic acids is 1. The summed E-state index contributed by atoms with van der Waals surface area (Å²) < 4.78 is 5.93. The van der Waals surface area contributed by atoms with Gasteiger partial charge in [0.1, 0.15) is 23.8 Å². The maximum atomic E-state index is 12.2. The molecule has 0 bridgehead atoms. The maximum absolute atomic E-state index is 12.2. The molecule has 0 aliphatic heterocycles. The topological polar surface area (TPSA) is 95.9 Å². The van der Waals surface area contributed by atoms with E-state index in [4.69, 9.17) is 21.4 Å². The molecule has 144 valence electrons. The van der Waals surface area contributed by atoms with Crippen LogP contribution in [0.15, 0.2) is 24.3 Å². The Morgan fingerprint density at radius 1 is 1.22 bits per heavy atom. The van der Waals surface area contributed by atoms with Gasteiger partial charge < -0.3 is 20.3 Å². The molecular formula is C20H22ClNO5. The highest BCUT2D eigenvalue weighted by Gasteiger charge is 2.19. The van der Waals surface area contributed by atoms with Crippen molar-refractivity contribution in [2.45, 2.75) is 33.6 Å². The molecule has 6 nitrogen and oxygen atoms in total. The highest BCUT2D eigenvalue weighted by molar-refractivity contribution is 6.33. The molecular weight excluding hydrogens is 370 g/mol. The Kier molecular flexibility index (Phi) is 6.33. The number of carboxylic acids is 1. The lowest BCUT2D eigenvalue weighted by Gasteiger charge is -2.17. The van der Waals surface area contributed by atoms with Crippen molar-refractivity contribution in [1.29, 1.82) is 0 Å². The standard InChI is InChI=1S/C20H22ClNO5/c1-10(2)14-8-13(5-6-16(14)23)27-19-11(3)7-15(12(4)18(19)21)20(26)22-9-17(24)25/h5-8,10,23H,9H2,1-4H3,(H,22,26)(H,24,25). The largest absolute Gasteiger partial charge is 0.508 e. The summed E-state index contributed by atoms with van der Waals surface area (Å²) in [5.74, 6) is -0.405. The van der Waals surface area contributed by atoms with Gasteiger partial charge in [0.25, 0.3) is 5.91 Å². The van der Waals surface area contributed by atoms with Gasteiger partial charge >= 0.3 is 5.97 Å². The van der Waals surface area contributed by atoms with Crippen molar-refractivity contribution in [1.82, 2.24) is 5.32 Å². The Labute approximate surface area is 162 Å². The first kappa shape index (κ1) is 20.6. The van der Waals surface area contributed by atoms with Crippen LogP contribution in [0.2, 0.25) is 5.02 Å². The summed E-state index contributed by atoms with van der Waals surface area (Å²) in [5.41, 5.74) is 2.16. The van der Waals surface area contributed by atoms with Gasteiger partial charge in [0, 0.05) is 11.1 Å². The summed E-state index contributed by atoms with van der Waals surface area (Å²) in [6.45, 7) is 6.87. The summed E-state index contributed by atoms with van der Waals surface area (Å²) in [6.07, 6.45) is 0. The first-order valence-electron chi connectivity index (χ1n) is 8.42. The Bertz CT molecular complexity index is 892. The molecule has 0 aromatic heterocycles. The van der Waals surface area contributed by atoms with Gasteiger partial charge in [0.15, 0.2) is 0 Å². The van der Waals surface area contributed by atoms with Crippen molar-refractivity contribution >= 4 is 23.5 Å². The van der Waals surface area contributed by atoms with Crippen LogP contribution in [0.1, 0.15) is 46.8 Å². The molecule has 0 atom stereocenters. The number of carboxylic acid groups (broad SMARTS) is 1. The number of aromatic hydroxyl groups is 1. The Hall–Kier alpha value is -2.73. The number of ether oxygens (including phenoxy) is 1. The zero-order chi connectivity index (χ0) is 20.3. The predicted octanol–water partition coefficient (Wildman–Crippen LogP) is 4.39.